The summed E-state index contributed by atoms with van der Waals surface area (Å²) in [6.07, 6.45) is 5.98. The fourth-order valence-corrected chi connectivity index (χ4v) is 4.82. The number of carbonyl (C=O) groups excluding carboxylic acids is 1. The van der Waals surface area contributed by atoms with Gasteiger partial charge in [0.25, 0.3) is 5.91 Å². The lowest BCUT2D eigenvalue weighted by Gasteiger charge is -2.25. The second-order valence-corrected chi connectivity index (χ2v) is 9.79. The summed E-state index contributed by atoms with van der Waals surface area (Å²) in [5.41, 5.74) is 3.66. The zero-order valence-corrected chi connectivity index (χ0v) is 22.5. The fraction of sp³-hybridized carbons (Fsp3) is 0.259. The van der Waals surface area contributed by atoms with Crippen LogP contribution in [0.15, 0.2) is 61.3 Å². The zero-order chi connectivity index (χ0) is 27.7. The molecule has 5 rings (SSSR count). The highest BCUT2D eigenvalue weighted by atomic mass is 35.5. The van der Waals surface area contributed by atoms with Gasteiger partial charge in [0.05, 0.1) is 52.8 Å². The van der Waals surface area contributed by atoms with Crippen molar-refractivity contribution in [2.24, 2.45) is 0 Å². The van der Waals surface area contributed by atoms with E-state index in [0.717, 1.165) is 30.6 Å². The van der Waals surface area contributed by atoms with Gasteiger partial charge in [-0.1, -0.05) is 24.2 Å². The van der Waals surface area contributed by atoms with E-state index in [-0.39, 0.29) is 5.95 Å². The minimum absolute atomic E-state index is 0.247. The fourth-order valence-electron chi connectivity index (χ4n) is 4.62. The zero-order valence-electron chi connectivity index (χ0n) is 21.8. The Morgan fingerprint density at radius 1 is 1.26 bits per heavy atom. The molecule has 4 heterocycles. The van der Waals surface area contributed by atoms with Crippen LogP contribution in [0.25, 0.3) is 16.8 Å². The number of benzene rings is 1. The Morgan fingerprint density at radius 2 is 2.08 bits per heavy atom. The standard InChI is InChI=1S/C27H28ClFN8O2/c1-16(29)26(38)32-20-11-21(24(39-4)12-23(20)36-10-8-17(15-36)35(2)3)33-27-30-14-19(28)25(34-27)18-13-31-37-9-6-5-7-22(18)37/h5-7,9,11-14,17H,1,8,10,15H2,2-4H3,(H,32,38)(H,30,33,34)/t17-/m1/s1. The highest BCUT2D eigenvalue weighted by Crippen LogP contribution is 2.40. The first-order chi connectivity index (χ1) is 18.7. The average Bonchev–Trinajstić information content (AvgIpc) is 3.58. The molecule has 1 atom stereocenters. The summed E-state index contributed by atoms with van der Waals surface area (Å²) in [7, 11) is 5.61. The Hall–Kier alpha value is -4.22. The van der Waals surface area contributed by atoms with E-state index in [0.29, 0.717) is 39.6 Å². The van der Waals surface area contributed by atoms with Crippen LogP contribution in [0.1, 0.15) is 6.42 Å². The van der Waals surface area contributed by atoms with Gasteiger partial charge in [-0.2, -0.15) is 5.10 Å². The molecule has 2 N–H and O–H groups in total. The van der Waals surface area contributed by atoms with E-state index in [2.05, 4.69) is 42.1 Å². The monoisotopic (exact) mass is 550 g/mol. The Morgan fingerprint density at radius 3 is 2.79 bits per heavy atom. The molecule has 0 unspecified atom stereocenters. The van der Waals surface area contributed by atoms with Gasteiger partial charge < -0.3 is 25.2 Å². The third-order valence-corrected chi connectivity index (χ3v) is 7.00. The van der Waals surface area contributed by atoms with Gasteiger partial charge >= 0.3 is 0 Å². The number of aromatic nitrogens is 4. The van der Waals surface area contributed by atoms with Crippen molar-refractivity contribution >= 4 is 46.0 Å². The van der Waals surface area contributed by atoms with Crippen LogP contribution in [0.2, 0.25) is 5.02 Å². The number of nitrogens with zero attached hydrogens (tertiary/aromatic N) is 6. The molecule has 1 aromatic carbocycles. The van der Waals surface area contributed by atoms with Crippen LogP contribution >= 0.6 is 11.6 Å². The molecule has 3 aromatic heterocycles. The van der Waals surface area contributed by atoms with Crippen LogP contribution in [-0.4, -0.2) is 70.7 Å². The van der Waals surface area contributed by atoms with Crippen molar-refractivity contribution in [3.05, 3.63) is 66.4 Å². The van der Waals surface area contributed by atoms with E-state index in [1.165, 1.54) is 6.20 Å². The molecule has 4 aromatic rings. The average molecular weight is 551 g/mol. The largest absolute Gasteiger partial charge is 0.494 e. The smallest absolute Gasteiger partial charge is 0.283 e. The highest BCUT2D eigenvalue weighted by Gasteiger charge is 2.27. The molecule has 0 saturated carbocycles. The first kappa shape index (κ1) is 26.4. The molecule has 0 bridgehead atoms. The summed E-state index contributed by atoms with van der Waals surface area (Å²) in [6.45, 7) is 4.63. The van der Waals surface area contributed by atoms with Gasteiger partial charge in [-0.3, -0.25) is 4.79 Å². The van der Waals surface area contributed by atoms with E-state index in [4.69, 9.17) is 16.3 Å². The Labute approximate surface area is 230 Å². The van der Waals surface area contributed by atoms with Crippen molar-refractivity contribution < 1.29 is 13.9 Å². The van der Waals surface area contributed by atoms with Gasteiger partial charge in [-0.15, -0.1) is 0 Å². The first-order valence-corrected chi connectivity index (χ1v) is 12.6. The number of methoxy groups -OCH3 is 1. The number of carbonyl (C=O) groups is 1. The number of hydrogen-bond donors (Lipinski definition) is 2. The third-order valence-electron chi connectivity index (χ3n) is 6.72. The molecule has 0 aliphatic carbocycles. The number of ether oxygens (including phenoxy) is 1. The van der Waals surface area contributed by atoms with Crippen molar-refractivity contribution in [2.75, 3.05) is 49.8 Å². The molecule has 10 nitrogen and oxygen atoms in total. The molecular formula is C27H28ClFN8O2. The number of rotatable bonds is 8. The van der Waals surface area contributed by atoms with Crippen molar-refractivity contribution in [2.45, 2.75) is 12.5 Å². The number of amides is 1. The van der Waals surface area contributed by atoms with Gasteiger partial charge in [0.1, 0.15) is 5.75 Å². The molecule has 12 heteroatoms. The molecule has 39 heavy (non-hydrogen) atoms. The van der Waals surface area contributed by atoms with Gasteiger partial charge in [0.15, 0.2) is 5.83 Å². The van der Waals surface area contributed by atoms with E-state index >= 15 is 0 Å². The van der Waals surface area contributed by atoms with Crippen LogP contribution in [-0.2, 0) is 4.79 Å². The SMILES string of the molecule is C=C(F)C(=O)Nc1cc(Nc2ncc(Cl)c(-c3cnn4ccccc34)n2)c(OC)cc1N1CC[C@@H](N(C)C)C1. The molecule has 1 fully saturated rings. The summed E-state index contributed by atoms with van der Waals surface area (Å²) in [5.74, 6) is -1.27. The van der Waals surface area contributed by atoms with E-state index in [1.807, 2.05) is 38.5 Å². The predicted octanol–water partition coefficient (Wildman–Crippen LogP) is 4.76. The van der Waals surface area contributed by atoms with Gasteiger partial charge in [0, 0.05) is 37.0 Å². The van der Waals surface area contributed by atoms with Crippen molar-refractivity contribution in [3.8, 4) is 17.0 Å². The molecule has 1 amide bonds. The maximum atomic E-state index is 13.7. The molecule has 0 spiro atoms. The summed E-state index contributed by atoms with van der Waals surface area (Å²) in [4.78, 5) is 25.6. The van der Waals surface area contributed by atoms with E-state index in [1.54, 1.807) is 30.0 Å². The minimum Gasteiger partial charge on any atom is -0.494 e. The maximum absolute atomic E-state index is 13.7. The topological polar surface area (TPSA) is 99.9 Å². The summed E-state index contributed by atoms with van der Waals surface area (Å²) < 4.78 is 21.1. The summed E-state index contributed by atoms with van der Waals surface area (Å²) in [6, 6.07) is 9.52. The second kappa shape index (κ2) is 10.9. The number of fused-ring (bicyclic) bond motifs is 1. The van der Waals surface area contributed by atoms with Crippen molar-refractivity contribution in [1.82, 2.24) is 24.5 Å². The highest BCUT2D eigenvalue weighted by molar-refractivity contribution is 6.33. The van der Waals surface area contributed by atoms with Crippen LogP contribution < -0.4 is 20.3 Å². The number of anilines is 4. The van der Waals surface area contributed by atoms with Crippen molar-refractivity contribution in [1.29, 1.82) is 0 Å². The Balaban J connectivity index is 1.53. The van der Waals surface area contributed by atoms with Crippen molar-refractivity contribution in [3.63, 3.8) is 0 Å². The van der Waals surface area contributed by atoms with Crippen LogP contribution in [0.4, 0.5) is 27.4 Å². The summed E-state index contributed by atoms with van der Waals surface area (Å²) >= 11 is 6.47. The Bertz CT molecular complexity index is 1560. The molecule has 1 aliphatic rings. The van der Waals surface area contributed by atoms with Crippen LogP contribution in [0.3, 0.4) is 0 Å². The number of hydrogen-bond acceptors (Lipinski definition) is 8. The van der Waals surface area contributed by atoms with Crippen LogP contribution in [0.5, 0.6) is 5.75 Å². The van der Waals surface area contributed by atoms with E-state index < -0.39 is 11.7 Å². The number of halogens is 2. The first-order valence-electron chi connectivity index (χ1n) is 12.3. The number of likely N-dealkylation sites (N-methyl/N-ethyl adjacent to an activating group) is 1. The number of pyridine rings is 1. The molecule has 202 valence electrons. The third kappa shape index (κ3) is 5.36. The second-order valence-electron chi connectivity index (χ2n) is 9.38. The lowest BCUT2D eigenvalue weighted by Crippen LogP contribution is -2.31. The van der Waals surface area contributed by atoms with Gasteiger partial charge in [-0.05, 0) is 38.7 Å². The van der Waals surface area contributed by atoms with Gasteiger partial charge in [0.2, 0.25) is 5.95 Å². The quantitative estimate of drug-likeness (QED) is 0.303. The Kier molecular flexibility index (Phi) is 7.36. The minimum atomic E-state index is -1.09. The van der Waals surface area contributed by atoms with E-state index in [9.17, 15) is 9.18 Å². The molecule has 1 aliphatic heterocycles. The lowest BCUT2D eigenvalue weighted by molar-refractivity contribution is -0.114. The predicted molar refractivity (Wildman–Crippen MR) is 151 cm³/mol. The van der Waals surface area contributed by atoms with Gasteiger partial charge in [-0.25, -0.2) is 18.9 Å². The number of nitrogens with one attached hydrogen (secondary N) is 2. The molecular weight excluding hydrogens is 523 g/mol. The maximum Gasteiger partial charge on any atom is 0.283 e. The normalized spacial score (nSPS) is 15.1. The summed E-state index contributed by atoms with van der Waals surface area (Å²) in [5, 5.41) is 10.5. The van der Waals surface area contributed by atoms with Crippen LogP contribution in [0, 0.1) is 0 Å². The lowest BCUT2D eigenvalue weighted by atomic mass is 10.2. The molecule has 0 radical (unpaired) electrons. The molecule has 1 saturated heterocycles.